The van der Waals surface area contributed by atoms with Crippen molar-refractivity contribution in [1.82, 2.24) is 4.90 Å². The number of aryl methyl sites for hydroxylation is 2. The molecule has 1 aliphatic heterocycles. The Morgan fingerprint density at radius 2 is 1.55 bits per heavy atom. The van der Waals surface area contributed by atoms with Gasteiger partial charge in [0.15, 0.2) is 0 Å². The van der Waals surface area contributed by atoms with Crippen LogP contribution in [0.4, 0.5) is 41.6 Å². The third-order valence-electron chi connectivity index (χ3n) is 8.14. The zero-order chi connectivity index (χ0) is 30.6. The Morgan fingerprint density at radius 3 is 2.07 bits per heavy atom. The second-order valence-electron chi connectivity index (χ2n) is 11.5. The number of anilines is 1. The average Bonchev–Trinajstić information content (AvgIpc) is 3.65. The lowest BCUT2D eigenvalue weighted by Gasteiger charge is -2.44. The minimum atomic E-state index is -5.03. The van der Waals surface area contributed by atoms with Crippen molar-refractivity contribution >= 4 is 17.9 Å². The summed E-state index contributed by atoms with van der Waals surface area (Å²) in [5.74, 6) is 0.110. The lowest BCUT2D eigenvalue weighted by Crippen LogP contribution is -2.50. The Kier molecular flexibility index (Phi) is 7.86. The van der Waals surface area contributed by atoms with Crippen LogP contribution in [-0.2, 0) is 41.2 Å². The van der Waals surface area contributed by atoms with E-state index < -0.39 is 48.3 Å². The number of amides is 2. The number of alkyl halides is 6. The fourth-order valence-corrected chi connectivity index (χ4v) is 6.14. The van der Waals surface area contributed by atoms with Gasteiger partial charge in [-0.3, -0.25) is 9.80 Å². The van der Waals surface area contributed by atoms with Gasteiger partial charge in [-0.25, -0.2) is 9.59 Å². The minimum Gasteiger partial charge on any atom is -0.453 e. The van der Waals surface area contributed by atoms with Crippen LogP contribution >= 0.6 is 0 Å². The lowest BCUT2D eigenvalue weighted by molar-refractivity contribution is -0.143. The zero-order valence-electron chi connectivity index (χ0n) is 23.4. The normalized spacial score (nSPS) is 20.3. The second-order valence-corrected chi connectivity index (χ2v) is 11.5. The maximum absolute atomic E-state index is 13.6. The maximum atomic E-state index is 13.6. The van der Waals surface area contributed by atoms with Gasteiger partial charge in [0.1, 0.15) is 0 Å². The van der Waals surface area contributed by atoms with Crippen molar-refractivity contribution in [2.24, 2.45) is 5.92 Å². The molecule has 2 aromatic carbocycles. The first-order chi connectivity index (χ1) is 19.7. The van der Waals surface area contributed by atoms with Gasteiger partial charge in [0.05, 0.1) is 36.1 Å². The van der Waals surface area contributed by atoms with Gasteiger partial charge in [0, 0.05) is 12.6 Å². The van der Waals surface area contributed by atoms with E-state index in [1.165, 1.54) is 4.90 Å². The van der Waals surface area contributed by atoms with Crippen LogP contribution in [-0.4, -0.2) is 36.3 Å². The fourth-order valence-electron chi connectivity index (χ4n) is 6.14. The monoisotopic (exact) mass is 598 g/mol. The minimum absolute atomic E-state index is 0.0620. The van der Waals surface area contributed by atoms with Crippen molar-refractivity contribution in [1.29, 1.82) is 0 Å². The number of halogens is 6. The van der Waals surface area contributed by atoms with Gasteiger partial charge in [-0.2, -0.15) is 26.3 Å². The fraction of sp³-hybridized carbons (Fsp3) is 0.533. The van der Waals surface area contributed by atoms with Crippen LogP contribution in [0.25, 0.3) is 0 Å². The molecule has 1 fully saturated rings. The molecule has 2 amide bonds. The average molecular weight is 599 g/mol. The molecule has 0 bridgehead atoms. The Balaban J connectivity index is 1.63. The Labute approximate surface area is 239 Å². The van der Waals surface area contributed by atoms with E-state index in [4.69, 9.17) is 9.47 Å². The number of carbonyl (C=O) groups excluding carboxylic acids is 2. The molecular formula is C30H32F6N2O4. The van der Waals surface area contributed by atoms with Crippen LogP contribution in [0.5, 0.6) is 0 Å². The van der Waals surface area contributed by atoms with Crippen LogP contribution in [0.3, 0.4) is 0 Å². The highest BCUT2D eigenvalue weighted by atomic mass is 19.4. The summed E-state index contributed by atoms with van der Waals surface area (Å²) in [6.45, 7) is 2.92. The number of fused-ring (bicyclic) bond motifs is 2. The lowest BCUT2D eigenvalue weighted by atomic mass is 9.86. The zero-order valence-corrected chi connectivity index (χ0v) is 23.4. The van der Waals surface area contributed by atoms with Gasteiger partial charge in [0.2, 0.25) is 0 Å². The van der Waals surface area contributed by atoms with Crippen LogP contribution < -0.4 is 4.90 Å². The van der Waals surface area contributed by atoms with E-state index in [1.807, 2.05) is 12.1 Å². The third kappa shape index (κ3) is 6.03. The highest BCUT2D eigenvalue weighted by Gasteiger charge is 2.48. The highest BCUT2D eigenvalue weighted by Crippen LogP contribution is 2.50. The van der Waals surface area contributed by atoms with Gasteiger partial charge in [-0.15, -0.1) is 0 Å². The predicted molar refractivity (Wildman–Crippen MR) is 141 cm³/mol. The molecule has 3 aliphatic rings. The molecule has 12 heteroatoms. The highest BCUT2D eigenvalue weighted by molar-refractivity contribution is 5.91. The molecule has 0 saturated heterocycles. The third-order valence-corrected chi connectivity index (χ3v) is 8.14. The first kappa shape index (κ1) is 30.0. The summed E-state index contributed by atoms with van der Waals surface area (Å²) in [5.41, 5.74) is -0.0393. The Morgan fingerprint density at radius 1 is 0.952 bits per heavy atom. The molecule has 1 saturated carbocycles. The van der Waals surface area contributed by atoms with E-state index in [1.54, 1.807) is 18.7 Å². The van der Waals surface area contributed by atoms with Crippen molar-refractivity contribution < 1.29 is 45.4 Å². The molecule has 0 unspecified atom stereocenters. The predicted octanol–water partition coefficient (Wildman–Crippen LogP) is 8.06. The van der Waals surface area contributed by atoms with Crippen LogP contribution in [0.15, 0.2) is 30.3 Å². The van der Waals surface area contributed by atoms with Crippen molar-refractivity contribution in [3.05, 3.63) is 63.7 Å². The standard InChI is InChI=1S/C30H32F6N2O4/c1-16(2)42-28(40)38-24(18-7-8-18)14-25(23-11-19-5-4-6-20(19)12-26(23)38)37(27(39)41-3)15-17-9-21(29(31,32)33)13-22(10-17)30(34,35)36/h9-13,16,18,24-25H,4-8,14-15H2,1-3H3/t24-,25-/m1/s1. The number of hydrogen-bond acceptors (Lipinski definition) is 4. The largest absolute Gasteiger partial charge is 0.453 e. The van der Waals surface area contributed by atoms with E-state index >= 15 is 0 Å². The van der Waals surface area contributed by atoms with Gasteiger partial charge in [-0.05, 0) is 105 Å². The number of methoxy groups -OCH3 is 1. The second kappa shape index (κ2) is 11.0. The molecule has 6 nitrogen and oxygen atoms in total. The van der Waals surface area contributed by atoms with E-state index in [-0.39, 0.29) is 36.1 Å². The quantitative estimate of drug-likeness (QED) is 0.327. The Hall–Kier alpha value is -3.44. The first-order valence-electron chi connectivity index (χ1n) is 14.0. The Bertz CT molecular complexity index is 1340. The topological polar surface area (TPSA) is 59.1 Å². The van der Waals surface area contributed by atoms with Gasteiger partial charge in [0.25, 0.3) is 0 Å². The summed E-state index contributed by atoms with van der Waals surface area (Å²) in [7, 11) is 1.11. The summed E-state index contributed by atoms with van der Waals surface area (Å²) < 4.78 is 92.3. The molecule has 0 radical (unpaired) electrons. The van der Waals surface area contributed by atoms with E-state index in [0.29, 0.717) is 23.4 Å². The molecule has 2 aromatic rings. The SMILES string of the molecule is COC(=O)N(Cc1cc(C(F)(F)F)cc(C(F)(F)F)c1)[C@@H]1C[C@H](C2CC2)N(C(=O)OC(C)C)c2cc3c(cc21)CCC3. The molecule has 42 heavy (non-hydrogen) atoms. The number of carbonyl (C=O) groups is 2. The summed E-state index contributed by atoms with van der Waals surface area (Å²) in [6.07, 6.45) is -7.49. The molecule has 2 aliphatic carbocycles. The number of rotatable bonds is 5. The first-order valence-corrected chi connectivity index (χ1v) is 14.0. The molecule has 5 rings (SSSR count). The summed E-state index contributed by atoms with van der Waals surface area (Å²) in [6, 6.07) is 3.99. The maximum Gasteiger partial charge on any atom is 0.416 e. The molecular weight excluding hydrogens is 566 g/mol. The van der Waals surface area contributed by atoms with Gasteiger partial charge >= 0.3 is 24.5 Å². The van der Waals surface area contributed by atoms with Gasteiger partial charge < -0.3 is 9.47 Å². The summed E-state index contributed by atoms with van der Waals surface area (Å²) >= 11 is 0. The molecule has 2 atom stereocenters. The van der Waals surface area contributed by atoms with Gasteiger partial charge in [-0.1, -0.05) is 6.07 Å². The smallest absolute Gasteiger partial charge is 0.416 e. The van der Waals surface area contributed by atoms with E-state index in [0.717, 1.165) is 50.3 Å². The van der Waals surface area contributed by atoms with E-state index in [9.17, 15) is 35.9 Å². The van der Waals surface area contributed by atoms with Crippen LogP contribution in [0.2, 0.25) is 0 Å². The van der Waals surface area contributed by atoms with Crippen molar-refractivity contribution in [2.45, 2.75) is 89.5 Å². The van der Waals surface area contributed by atoms with E-state index in [2.05, 4.69) is 0 Å². The molecule has 0 N–H and O–H groups in total. The molecule has 1 heterocycles. The number of nitrogens with zero attached hydrogens (tertiary/aromatic N) is 2. The molecule has 0 aromatic heterocycles. The summed E-state index contributed by atoms with van der Waals surface area (Å²) in [4.78, 5) is 29.5. The van der Waals surface area contributed by atoms with Crippen LogP contribution in [0.1, 0.15) is 79.0 Å². The molecule has 0 spiro atoms. The summed E-state index contributed by atoms with van der Waals surface area (Å²) in [5, 5.41) is 0. The van der Waals surface area contributed by atoms with Crippen molar-refractivity contribution in [2.75, 3.05) is 12.0 Å². The molecule has 228 valence electrons. The number of ether oxygens (including phenoxy) is 2. The van der Waals surface area contributed by atoms with Crippen LogP contribution in [0, 0.1) is 5.92 Å². The van der Waals surface area contributed by atoms with Crippen molar-refractivity contribution in [3.63, 3.8) is 0 Å². The van der Waals surface area contributed by atoms with Crippen molar-refractivity contribution in [3.8, 4) is 0 Å². The number of benzene rings is 2. The number of hydrogen-bond donors (Lipinski definition) is 0.